The van der Waals surface area contributed by atoms with E-state index >= 15 is 0 Å². The van der Waals surface area contributed by atoms with E-state index in [9.17, 15) is 0 Å². The molecule has 4 rings (SSSR count). The van der Waals surface area contributed by atoms with Crippen LogP contribution in [0, 0.1) is 0 Å². The Hall–Kier alpha value is -3.06. The molecule has 3 heterocycles. The monoisotopic (exact) mass is 406 g/mol. The molecule has 0 radical (unpaired) electrons. The van der Waals surface area contributed by atoms with Crippen LogP contribution in [-0.2, 0) is 13.1 Å². The zero-order valence-electron chi connectivity index (χ0n) is 17.5. The molecule has 0 aliphatic carbocycles. The van der Waals surface area contributed by atoms with Crippen LogP contribution in [0.5, 0.6) is 0 Å². The van der Waals surface area contributed by atoms with Crippen molar-refractivity contribution in [1.82, 2.24) is 25.1 Å². The summed E-state index contributed by atoms with van der Waals surface area (Å²) in [6.07, 6.45) is 9.87. The van der Waals surface area contributed by atoms with Gasteiger partial charge in [-0.25, -0.2) is 4.98 Å². The zero-order chi connectivity index (χ0) is 20.6. The molecular weight excluding hydrogens is 376 g/mol. The summed E-state index contributed by atoms with van der Waals surface area (Å²) in [4.78, 5) is 11.0. The maximum absolute atomic E-state index is 5.71. The van der Waals surface area contributed by atoms with Crippen LogP contribution >= 0.6 is 0 Å². The first kappa shape index (κ1) is 20.2. The predicted molar refractivity (Wildman–Crippen MR) is 118 cm³/mol. The number of guanidine groups is 1. The number of benzene rings is 1. The Morgan fingerprint density at radius 1 is 1.17 bits per heavy atom. The highest BCUT2D eigenvalue weighted by Gasteiger charge is 2.25. The van der Waals surface area contributed by atoms with Crippen molar-refractivity contribution in [2.24, 2.45) is 4.99 Å². The quantitative estimate of drug-likeness (QED) is 0.445. The first-order chi connectivity index (χ1) is 14.8. The van der Waals surface area contributed by atoms with Crippen LogP contribution in [0.15, 0.2) is 70.8 Å². The van der Waals surface area contributed by atoms with E-state index in [1.54, 1.807) is 12.5 Å². The first-order valence-corrected chi connectivity index (χ1v) is 10.6. The molecule has 1 unspecified atom stereocenters. The number of rotatable bonds is 8. The Morgan fingerprint density at radius 2 is 2.03 bits per heavy atom. The van der Waals surface area contributed by atoms with E-state index in [2.05, 4.69) is 60.4 Å². The minimum absolute atomic E-state index is 0.222. The second-order valence-electron chi connectivity index (χ2n) is 7.64. The summed E-state index contributed by atoms with van der Waals surface area (Å²) >= 11 is 0. The lowest BCUT2D eigenvalue weighted by Gasteiger charge is -2.26. The van der Waals surface area contributed by atoms with Gasteiger partial charge in [0.15, 0.2) is 5.96 Å². The highest BCUT2D eigenvalue weighted by molar-refractivity contribution is 5.79. The molecule has 2 N–H and O–H groups in total. The van der Waals surface area contributed by atoms with Crippen molar-refractivity contribution in [2.45, 2.75) is 32.0 Å². The average molecular weight is 407 g/mol. The van der Waals surface area contributed by atoms with Crippen LogP contribution in [0.25, 0.3) is 0 Å². The third-order valence-corrected chi connectivity index (χ3v) is 5.52. The number of hydrogen-bond acceptors (Lipinski definition) is 4. The number of imidazole rings is 1. The lowest BCUT2D eigenvalue weighted by Crippen LogP contribution is -2.42. The summed E-state index contributed by atoms with van der Waals surface area (Å²) in [7, 11) is 1.81. The lowest BCUT2D eigenvalue weighted by atomic mass is 10.1. The van der Waals surface area contributed by atoms with Gasteiger partial charge in [0.2, 0.25) is 0 Å². The summed E-state index contributed by atoms with van der Waals surface area (Å²) in [6.45, 7) is 4.52. The van der Waals surface area contributed by atoms with Crippen LogP contribution in [0.1, 0.15) is 35.8 Å². The number of aliphatic imine (C=N–C) groups is 1. The second-order valence-corrected chi connectivity index (χ2v) is 7.64. The molecule has 1 saturated heterocycles. The molecule has 0 bridgehead atoms. The summed E-state index contributed by atoms with van der Waals surface area (Å²) in [5.74, 6) is 1.80. The van der Waals surface area contributed by atoms with Crippen molar-refractivity contribution < 1.29 is 4.42 Å². The minimum Gasteiger partial charge on any atom is -0.468 e. The Bertz CT molecular complexity index is 913. The number of nitrogens with one attached hydrogen (secondary N) is 2. The normalized spacial score (nSPS) is 16.0. The van der Waals surface area contributed by atoms with Gasteiger partial charge in [-0.15, -0.1) is 0 Å². The summed E-state index contributed by atoms with van der Waals surface area (Å²) in [5.41, 5.74) is 2.47. The standard InChI is InChI=1S/C23H30N6O/c1-24-23(27-16-21(22-8-5-13-30-22)29-10-2-3-11-29)26-15-19-6-4-7-20(14-19)17-28-12-9-25-18-28/h4-9,12-14,18,21H,2-3,10-11,15-17H2,1H3,(H2,24,26,27). The minimum atomic E-state index is 0.222. The SMILES string of the molecule is CN=C(NCc1cccc(Cn2ccnc2)c1)NCC(c1ccco1)N1CCCC1. The first-order valence-electron chi connectivity index (χ1n) is 10.6. The summed E-state index contributed by atoms with van der Waals surface area (Å²) in [5, 5.41) is 6.91. The molecule has 1 aromatic carbocycles. The second kappa shape index (κ2) is 10.1. The Balaban J connectivity index is 1.32. The maximum atomic E-state index is 5.71. The molecule has 1 aliphatic heterocycles. The highest BCUT2D eigenvalue weighted by atomic mass is 16.3. The van der Waals surface area contributed by atoms with Gasteiger partial charge in [-0.2, -0.15) is 0 Å². The molecule has 30 heavy (non-hydrogen) atoms. The van der Waals surface area contributed by atoms with Crippen LogP contribution in [-0.4, -0.2) is 47.1 Å². The lowest BCUT2D eigenvalue weighted by molar-refractivity contribution is 0.215. The van der Waals surface area contributed by atoms with Crippen LogP contribution in [0.4, 0.5) is 0 Å². The molecule has 2 aromatic heterocycles. The highest BCUT2D eigenvalue weighted by Crippen LogP contribution is 2.24. The molecule has 0 spiro atoms. The van der Waals surface area contributed by atoms with Gasteiger partial charge in [-0.3, -0.25) is 9.89 Å². The van der Waals surface area contributed by atoms with Crippen LogP contribution < -0.4 is 10.6 Å². The molecular formula is C23H30N6O. The van der Waals surface area contributed by atoms with Gasteiger partial charge in [-0.1, -0.05) is 24.3 Å². The number of furan rings is 1. The third-order valence-electron chi connectivity index (χ3n) is 5.52. The molecule has 0 saturated carbocycles. The number of aromatic nitrogens is 2. The molecule has 1 atom stereocenters. The third kappa shape index (κ3) is 5.30. The Labute approximate surface area is 177 Å². The van der Waals surface area contributed by atoms with E-state index in [0.29, 0.717) is 6.54 Å². The Morgan fingerprint density at radius 3 is 2.77 bits per heavy atom. The molecule has 7 nitrogen and oxygen atoms in total. The average Bonchev–Trinajstić information content (AvgIpc) is 3.55. The number of likely N-dealkylation sites (tertiary alicyclic amines) is 1. The largest absolute Gasteiger partial charge is 0.468 e. The van der Waals surface area contributed by atoms with E-state index in [4.69, 9.17) is 4.42 Å². The van der Waals surface area contributed by atoms with Gasteiger partial charge in [-0.05, 0) is 49.2 Å². The van der Waals surface area contributed by atoms with Crippen molar-refractivity contribution in [2.75, 3.05) is 26.7 Å². The van der Waals surface area contributed by atoms with Crippen LogP contribution in [0.3, 0.4) is 0 Å². The Kier molecular flexibility index (Phi) is 6.82. The van der Waals surface area contributed by atoms with E-state index in [0.717, 1.165) is 37.9 Å². The molecule has 0 amide bonds. The van der Waals surface area contributed by atoms with Gasteiger partial charge in [0.25, 0.3) is 0 Å². The fourth-order valence-corrected chi connectivity index (χ4v) is 3.97. The van der Waals surface area contributed by atoms with Crippen molar-refractivity contribution in [3.63, 3.8) is 0 Å². The zero-order valence-corrected chi connectivity index (χ0v) is 17.5. The van der Waals surface area contributed by atoms with E-state index in [-0.39, 0.29) is 6.04 Å². The van der Waals surface area contributed by atoms with Crippen molar-refractivity contribution in [1.29, 1.82) is 0 Å². The van der Waals surface area contributed by atoms with Gasteiger partial charge < -0.3 is 19.6 Å². The topological polar surface area (TPSA) is 70.6 Å². The number of hydrogen-bond donors (Lipinski definition) is 2. The van der Waals surface area contributed by atoms with Gasteiger partial charge in [0.1, 0.15) is 5.76 Å². The fourth-order valence-electron chi connectivity index (χ4n) is 3.97. The maximum Gasteiger partial charge on any atom is 0.191 e. The van der Waals surface area contributed by atoms with E-state index < -0.39 is 0 Å². The summed E-state index contributed by atoms with van der Waals surface area (Å²) in [6, 6.07) is 12.8. The molecule has 1 aliphatic rings. The fraction of sp³-hybridized carbons (Fsp3) is 0.391. The molecule has 158 valence electrons. The molecule has 7 heteroatoms. The summed E-state index contributed by atoms with van der Waals surface area (Å²) < 4.78 is 7.78. The van der Waals surface area contributed by atoms with E-state index in [1.165, 1.54) is 24.0 Å². The van der Waals surface area contributed by atoms with E-state index in [1.807, 2.05) is 25.6 Å². The van der Waals surface area contributed by atoms with Gasteiger partial charge in [0.05, 0.1) is 18.6 Å². The van der Waals surface area contributed by atoms with Gasteiger partial charge in [0, 0.05) is 39.1 Å². The van der Waals surface area contributed by atoms with Crippen molar-refractivity contribution in [3.8, 4) is 0 Å². The van der Waals surface area contributed by atoms with Crippen molar-refractivity contribution in [3.05, 3.63) is 78.3 Å². The van der Waals surface area contributed by atoms with Crippen molar-refractivity contribution >= 4 is 5.96 Å². The number of nitrogens with zero attached hydrogens (tertiary/aromatic N) is 4. The van der Waals surface area contributed by atoms with Gasteiger partial charge >= 0.3 is 0 Å². The molecule has 3 aromatic rings. The van der Waals surface area contributed by atoms with Crippen LogP contribution in [0.2, 0.25) is 0 Å². The molecule has 1 fully saturated rings. The predicted octanol–water partition coefficient (Wildman–Crippen LogP) is 3.03. The smallest absolute Gasteiger partial charge is 0.191 e.